The van der Waals surface area contributed by atoms with Crippen LogP contribution in [0.4, 0.5) is 0 Å². The highest BCUT2D eigenvalue weighted by atomic mass is 32.2. The molecule has 188 valence electrons. The zero-order chi connectivity index (χ0) is 25.7. The number of fused-ring (bicyclic) bond motifs is 1. The molecule has 36 heavy (non-hydrogen) atoms. The molecule has 2 aliphatic rings. The van der Waals surface area contributed by atoms with Crippen molar-refractivity contribution in [2.45, 2.75) is 39.5 Å². The number of aliphatic imine (C=N–C) groups is 1. The van der Waals surface area contributed by atoms with Crippen molar-refractivity contribution in [3.63, 3.8) is 0 Å². The molecule has 0 aliphatic carbocycles. The number of amides is 1. The first-order valence-corrected chi connectivity index (χ1v) is 12.8. The first kappa shape index (κ1) is 25.5. The summed E-state index contributed by atoms with van der Waals surface area (Å²) in [5.74, 6) is 1.93. The van der Waals surface area contributed by atoms with Crippen LogP contribution in [0, 0.1) is 5.41 Å². The molecule has 1 amide bonds. The lowest BCUT2D eigenvalue weighted by Gasteiger charge is -2.20. The Bertz CT molecular complexity index is 1250. The van der Waals surface area contributed by atoms with Crippen LogP contribution >= 0.6 is 11.8 Å². The number of para-hydroxylation sites is 1. The summed E-state index contributed by atoms with van der Waals surface area (Å²) in [6.07, 6.45) is 3.38. The number of ether oxygens (including phenoxy) is 3. The van der Waals surface area contributed by atoms with Crippen molar-refractivity contribution in [3.8, 4) is 17.2 Å². The molecule has 0 fully saturated rings. The maximum atomic E-state index is 12.6. The van der Waals surface area contributed by atoms with Gasteiger partial charge in [-0.15, -0.1) is 0 Å². The minimum absolute atomic E-state index is 0.00932. The monoisotopic (exact) mass is 506 g/mol. The molecular weight excluding hydrogens is 476 g/mol. The Kier molecular flexibility index (Phi) is 8.10. The maximum Gasteiger partial charge on any atom is 0.283 e. The molecule has 1 unspecified atom stereocenters. The third kappa shape index (κ3) is 5.46. The van der Waals surface area contributed by atoms with E-state index >= 15 is 0 Å². The number of hydrogen-bond donors (Lipinski definition) is 1. The highest BCUT2D eigenvalue weighted by Gasteiger charge is 2.35. The van der Waals surface area contributed by atoms with Crippen LogP contribution in [-0.4, -0.2) is 47.3 Å². The van der Waals surface area contributed by atoms with E-state index in [0.717, 1.165) is 23.6 Å². The summed E-state index contributed by atoms with van der Waals surface area (Å²) in [6, 6.07) is 13.4. The summed E-state index contributed by atoms with van der Waals surface area (Å²) in [5, 5.41) is 15.5. The number of methoxy groups -OCH3 is 1. The molecule has 0 aromatic heterocycles. The molecule has 8 nitrogen and oxygen atoms in total. The minimum Gasteiger partial charge on any atom is -0.493 e. The van der Waals surface area contributed by atoms with E-state index in [1.54, 1.807) is 25.3 Å². The molecule has 0 spiro atoms. The molecular formula is C27H30N4O4S. The summed E-state index contributed by atoms with van der Waals surface area (Å²) in [6.45, 7) is 7.06. The van der Waals surface area contributed by atoms with Gasteiger partial charge in [-0.25, -0.2) is 0 Å². The lowest BCUT2D eigenvalue weighted by Crippen LogP contribution is -2.35. The number of rotatable bonds is 10. The standard InChI is InChI=1S/C27H30N4O4S/c1-5-17(3)19-9-7-8-10-21(19)34-13-14-35-22-12-11-18(16-23(22)33-4)15-20-25(28)31-27(29-26(20)32)36-24(6-2)30-31/h7-12,15-17,28H,5-6,13-14H2,1-4H3/b20-15-,28-25?. The number of benzene rings is 2. The number of nitrogens with one attached hydrogen (secondary N) is 1. The second-order valence-corrected chi connectivity index (χ2v) is 9.36. The molecule has 4 rings (SSSR count). The topological polar surface area (TPSA) is 96.6 Å². The van der Waals surface area contributed by atoms with E-state index in [2.05, 4.69) is 30.0 Å². The Morgan fingerprint density at radius 2 is 1.83 bits per heavy atom. The third-order valence-electron chi connectivity index (χ3n) is 5.96. The fraction of sp³-hybridized carbons (Fsp3) is 0.333. The fourth-order valence-electron chi connectivity index (χ4n) is 3.78. The van der Waals surface area contributed by atoms with Gasteiger partial charge in [-0.05, 0) is 65.9 Å². The van der Waals surface area contributed by atoms with Crippen LogP contribution in [0.3, 0.4) is 0 Å². The summed E-state index contributed by atoms with van der Waals surface area (Å²) in [5.41, 5.74) is 2.05. The van der Waals surface area contributed by atoms with Gasteiger partial charge >= 0.3 is 0 Å². The summed E-state index contributed by atoms with van der Waals surface area (Å²) < 4.78 is 17.4. The molecule has 0 bridgehead atoms. The van der Waals surface area contributed by atoms with Crippen LogP contribution in [0.5, 0.6) is 17.2 Å². The molecule has 2 aliphatic heterocycles. The molecule has 0 saturated heterocycles. The maximum absolute atomic E-state index is 12.6. The molecule has 2 aromatic rings. The summed E-state index contributed by atoms with van der Waals surface area (Å²) in [7, 11) is 1.56. The second-order valence-electron chi connectivity index (χ2n) is 8.32. The Hall–Kier alpha value is -3.59. The van der Waals surface area contributed by atoms with Gasteiger partial charge in [-0.1, -0.05) is 45.0 Å². The van der Waals surface area contributed by atoms with E-state index in [-0.39, 0.29) is 11.4 Å². The van der Waals surface area contributed by atoms with Gasteiger partial charge in [0.1, 0.15) is 24.0 Å². The number of nitrogens with zero attached hydrogens (tertiary/aromatic N) is 3. The van der Waals surface area contributed by atoms with Gasteiger partial charge in [0.15, 0.2) is 17.3 Å². The van der Waals surface area contributed by atoms with Crippen molar-refractivity contribution in [2.75, 3.05) is 20.3 Å². The van der Waals surface area contributed by atoms with Gasteiger partial charge in [0.25, 0.3) is 5.91 Å². The first-order chi connectivity index (χ1) is 17.4. The predicted octanol–water partition coefficient (Wildman–Crippen LogP) is 5.70. The number of carbonyl (C=O) groups excluding carboxylic acids is 1. The van der Waals surface area contributed by atoms with Crippen LogP contribution in [0.15, 0.2) is 58.1 Å². The van der Waals surface area contributed by atoms with Crippen LogP contribution in [-0.2, 0) is 4.79 Å². The average molecular weight is 507 g/mol. The lowest BCUT2D eigenvalue weighted by atomic mass is 9.98. The first-order valence-electron chi connectivity index (χ1n) is 12.0. The Morgan fingerprint density at radius 1 is 1.08 bits per heavy atom. The number of hydrazone groups is 1. The van der Waals surface area contributed by atoms with Gasteiger partial charge in [-0.2, -0.15) is 15.1 Å². The molecule has 2 aromatic carbocycles. The van der Waals surface area contributed by atoms with Crippen LogP contribution in [0.2, 0.25) is 0 Å². The highest BCUT2D eigenvalue weighted by molar-refractivity contribution is 8.26. The molecule has 0 saturated carbocycles. The predicted molar refractivity (Wildman–Crippen MR) is 144 cm³/mol. The zero-order valence-corrected chi connectivity index (χ0v) is 21.7. The Labute approximate surface area is 215 Å². The largest absolute Gasteiger partial charge is 0.493 e. The molecule has 1 atom stereocenters. The third-order valence-corrected chi connectivity index (χ3v) is 7.01. The number of hydrogen-bond acceptors (Lipinski definition) is 7. The van der Waals surface area contributed by atoms with Gasteiger partial charge < -0.3 is 14.2 Å². The van der Waals surface area contributed by atoms with E-state index in [1.807, 2.05) is 31.2 Å². The molecule has 0 radical (unpaired) electrons. The van der Waals surface area contributed by atoms with E-state index < -0.39 is 5.91 Å². The van der Waals surface area contributed by atoms with Crippen molar-refractivity contribution < 1.29 is 19.0 Å². The van der Waals surface area contributed by atoms with Crippen LogP contribution < -0.4 is 14.2 Å². The van der Waals surface area contributed by atoms with E-state index in [9.17, 15) is 4.79 Å². The van der Waals surface area contributed by atoms with Crippen LogP contribution in [0.25, 0.3) is 6.08 Å². The van der Waals surface area contributed by atoms with Gasteiger partial charge in [0.05, 0.1) is 12.7 Å². The van der Waals surface area contributed by atoms with Crippen LogP contribution in [0.1, 0.15) is 50.7 Å². The number of carbonyl (C=O) groups is 1. The van der Waals surface area contributed by atoms with E-state index in [0.29, 0.717) is 41.4 Å². The fourth-order valence-corrected chi connectivity index (χ4v) is 4.60. The van der Waals surface area contributed by atoms with Gasteiger partial charge in [-0.3, -0.25) is 10.2 Å². The minimum atomic E-state index is -0.458. The normalized spacial score (nSPS) is 17.0. The Balaban J connectivity index is 1.43. The molecule has 2 heterocycles. The summed E-state index contributed by atoms with van der Waals surface area (Å²) >= 11 is 1.32. The van der Waals surface area contributed by atoms with Gasteiger partial charge in [0, 0.05) is 0 Å². The summed E-state index contributed by atoms with van der Waals surface area (Å²) in [4.78, 5) is 16.7. The SMILES string of the molecule is CCC1=NN2C(=N)/C(=C/c3ccc(OCCOc4ccccc4C(C)CC)c(OC)c3)C(=O)N=C2S1. The molecule has 1 N–H and O–H groups in total. The van der Waals surface area contributed by atoms with Crippen molar-refractivity contribution in [1.82, 2.24) is 5.01 Å². The smallest absolute Gasteiger partial charge is 0.283 e. The van der Waals surface area contributed by atoms with Crippen molar-refractivity contribution in [3.05, 3.63) is 59.2 Å². The lowest BCUT2D eigenvalue weighted by molar-refractivity contribution is -0.114. The number of thioether (sulfide) groups is 1. The zero-order valence-electron chi connectivity index (χ0n) is 20.9. The number of amidine groups is 2. The van der Waals surface area contributed by atoms with Crippen molar-refractivity contribution >= 4 is 39.8 Å². The quantitative estimate of drug-likeness (QED) is 0.328. The van der Waals surface area contributed by atoms with E-state index in [4.69, 9.17) is 19.6 Å². The van der Waals surface area contributed by atoms with E-state index in [1.165, 1.54) is 22.3 Å². The highest BCUT2D eigenvalue weighted by Crippen LogP contribution is 2.32. The average Bonchev–Trinajstić information content (AvgIpc) is 3.32. The van der Waals surface area contributed by atoms with Crippen molar-refractivity contribution in [2.24, 2.45) is 10.1 Å². The van der Waals surface area contributed by atoms with Gasteiger partial charge in [0.2, 0.25) is 5.17 Å². The Morgan fingerprint density at radius 3 is 2.56 bits per heavy atom. The molecule has 9 heteroatoms. The second kappa shape index (κ2) is 11.4. The van der Waals surface area contributed by atoms with Crippen molar-refractivity contribution in [1.29, 1.82) is 5.41 Å².